The first kappa shape index (κ1) is 18.0. The molecule has 0 aromatic carbocycles. The fourth-order valence-corrected chi connectivity index (χ4v) is 4.33. The third-order valence-corrected chi connectivity index (χ3v) is 6.08. The molecule has 1 aliphatic heterocycles. The van der Waals surface area contributed by atoms with Gasteiger partial charge in [-0.25, -0.2) is 9.50 Å². The van der Waals surface area contributed by atoms with Crippen LogP contribution in [0.4, 0.5) is 0 Å². The summed E-state index contributed by atoms with van der Waals surface area (Å²) in [6.45, 7) is 4.40. The SMILES string of the molecule is C[C@@H]1CNCCN1C(=O)c1ccnc(-c2cnn3ccc(-c4cccs4)nc23)c1. The number of nitrogens with zero attached hydrogens (tertiary/aromatic N) is 5. The summed E-state index contributed by atoms with van der Waals surface area (Å²) in [7, 11) is 0. The predicted molar refractivity (Wildman–Crippen MR) is 113 cm³/mol. The Morgan fingerprint density at radius 2 is 2.21 bits per heavy atom. The smallest absolute Gasteiger partial charge is 0.254 e. The molecule has 1 N–H and O–H groups in total. The Labute approximate surface area is 172 Å². The molecule has 146 valence electrons. The van der Waals surface area contributed by atoms with Crippen LogP contribution < -0.4 is 5.32 Å². The van der Waals surface area contributed by atoms with Gasteiger partial charge in [0.05, 0.1) is 28.0 Å². The summed E-state index contributed by atoms with van der Waals surface area (Å²) in [5.41, 5.74) is 3.77. The van der Waals surface area contributed by atoms with E-state index in [9.17, 15) is 4.79 Å². The molecular formula is C21H20N6OS. The van der Waals surface area contributed by atoms with Gasteiger partial charge < -0.3 is 10.2 Å². The molecule has 0 unspecified atom stereocenters. The summed E-state index contributed by atoms with van der Waals surface area (Å²) in [6, 6.07) is 9.79. The van der Waals surface area contributed by atoms with Gasteiger partial charge in [-0.3, -0.25) is 9.78 Å². The molecule has 5 heterocycles. The maximum Gasteiger partial charge on any atom is 0.254 e. The number of hydrogen-bond donors (Lipinski definition) is 1. The quantitative estimate of drug-likeness (QED) is 0.568. The zero-order valence-corrected chi connectivity index (χ0v) is 16.8. The Kier molecular flexibility index (Phi) is 4.57. The Bertz CT molecular complexity index is 1170. The second kappa shape index (κ2) is 7.38. The molecule has 1 saturated heterocycles. The molecule has 1 amide bonds. The molecule has 0 bridgehead atoms. The topological polar surface area (TPSA) is 75.4 Å². The predicted octanol–water partition coefficient (Wildman–Crippen LogP) is 2.95. The normalized spacial score (nSPS) is 17.0. The number of aromatic nitrogens is 4. The number of amides is 1. The van der Waals surface area contributed by atoms with E-state index in [0.29, 0.717) is 17.8 Å². The zero-order chi connectivity index (χ0) is 19.8. The summed E-state index contributed by atoms with van der Waals surface area (Å²) in [6.07, 6.45) is 5.34. The number of fused-ring (bicyclic) bond motifs is 1. The van der Waals surface area contributed by atoms with E-state index < -0.39 is 0 Å². The van der Waals surface area contributed by atoms with Gasteiger partial charge in [0.15, 0.2) is 5.65 Å². The lowest BCUT2D eigenvalue weighted by atomic mass is 10.1. The molecule has 0 spiro atoms. The van der Waals surface area contributed by atoms with Crippen molar-refractivity contribution in [2.45, 2.75) is 13.0 Å². The van der Waals surface area contributed by atoms with Gasteiger partial charge in [0, 0.05) is 43.6 Å². The summed E-state index contributed by atoms with van der Waals surface area (Å²) < 4.78 is 1.74. The van der Waals surface area contributed by atoms with Crippen LogP contribution in [0, 0.1) is 0 Å². The average molecular weight is 404 g/mol. The van der Waals surface area contributed by atoms with Crippen molar-refractivity contribution >= 4 is 22.9 Å². The van der Waals surface area contributed by atoms with E-state index in [1.165, 1.54) is 0 Å². The molecule has 29 heavy (non-hydrogen) atoms. The Morgan fingerprint density at radius 1 is 1.28 bits per heavy atom. The summed E-state index contributed by atoms with van der Waals surface area (Å²) in [4.78, 5) is 25.4. The fourth-order valence-electron chi connectivity index (χ4n) is 3.63. The van der Waals surface area contributed by atoms with Gasteiger partial charge in [0.2, 0.25) is 0 Å². The molecule has 0 aliphatic carbocycles. The van der Waals surface area contributed by atoms with E-state index in [1.807, 2.05) is 40.7 Å². The molecule has 5 rings (SSSR count). The van der Waals surface area contributed by atoms with Crippen molar-refractivity contribution in [1.29, 1.82) is 0 Å². The lowest BCUT2D eigenvalue weighted by molar-refractivity contribution is 0.0655. The number of piperazine rings is 1. The molecule has 1 fully saturated rings. The second-order valence-corrected chi connectivity index (χ2v) is 8.05. The summed E-state index contributed by atoms with van der Waals surface area (Å²) in [5.74, 6) is 0.0337. The minimum Gasteiger partial charge on any atom is -0.333 e. The first-order valence-corrected chi connectivity index (χ1v) is 10.4. The van der Waals surface area contributed by atoms with Crippen LogP contribution >= 0.6 is 11.3 Å². The lowest BCUT2D eigenvalue weighted by Gasteiger charge is -2.34. The molecule has 1 atom stereocenters. The van der Waals surface area contributed by atoms with Gasteiger partial charge in [-0.05, 0) is 36.6 Å². The number of carbonyl (C=O) groups excluding carboxylic acids is 1. The van der Waals surface area contributed by atoms with Crippen LogP contribution in [0.25, 0.3) is 27.5 Å². The molecule has 8 heteroatoms. The van der Waals surface area contributed by atoms with Crippen LogP contribution in [-0.4, -0.2) is 56.1 Å². The van der Waals surface area contributed by atoms with Crippen LogP contribution in [-0.2, 0) is 0 Å². The van der Waals surface area contributed by atoms with E-state index in [0.717, 1.165) is 34.9 Å². The fraction of sp³-hybridized carbons (Fsp3) is 0.238. The van der Waals surface area contributed by atoms with Gasteiger partial charge in [-0.2, -0.15) is 5.10 Å². The summed E-state index contributed by atoms with van der Waals surface area (Å²) in [5, 5.41) is 9.76. The molecule has 1 aliphatic rings. The van der Waals surface area contributed by atoms with Gasteiger partial charge in [-0.1, -0.05) is 6.07 Å². The Balaban J connectivity index is 1.53. The summed E-state index contributed by atoms with van der Waals surface area (Å²) >= 11 is 1.65. The Morgan fingerprint density at radius 3 is 3.03 bits per heavy atom. The van der Waals surface area contributed by atoms with Crippen molar-refractivity contribution in [2.24, 2.45) is 0 Å². The standard InChI is InChI=1S/C21H20N6OS/c1-14-12-22-7-9-26(14)21(28)15-4-6-23-18(11-15)16-13-24-27-8-5-17(25-20(16)27)19-3-2-10-29-19/h2-6,8,10-11,13-14,22H,7,9,12H2,1H3/t14-/m1/s1. The minimum absolute atomic E-state index is 0.0337. The minimum atomic E-state index is 0.0337. The number of hydrogen-bond acceptors (Lipinski definition) is 6. The van der Waals surface area contributed by atoms with Crippen molar-refractivity contribution in [3.63, 3.8) is 0 Å². The van der Waals surface area contributed by atoms with Crippen molar-refractivity contribution < 1.29 is 4.79 Å². The van der Waals surface area contributed by atoms with Crippen molar-refractivity contribution in [3.8, 4) is 21.8 Å². The highest BCUT2D eigenvalue weighted by Crippen LogP contribution is 2.27. The average Bonchev–Trinajstić information content (AvgIpc) is 3.43. The lowest BCUT2D eigenvalue weighted by Crippen LogP contribution is -2.52. The Hall–Kier alpha value is -3.10. The third kappa shape index (κ3) is 3.30. The van der Waals surface area contributed by atoms with Crippen LogP contribution in [0.5, 0.6) is 0 Å². The van der Waals surface area contributed by atoms with Crippen LogP contribution in [0.3, 0.4) is 0 Å². The van der Waals surface area contributed by atoms with Crippen molar-refractivity contribution in [1.82, 2.24) is 29.8 Å². The van der Waals surface area contributed by atoms with E-state index in [4.69, 9.17) is 4.98 Å². The van der Waals surface area contributed by atoms with E-state index >= 15 is 0 Å². The van der Waals surface area contributed by atoms with Gasteiger partial charge in [-0.15, -0.1) is 11.3 Å². The molecular weight excluding hydrogens is 384 g/mol. The van der Waals surface area contributed by atoms with Gasteiger partial charge in [0.25, 0.3) is 5.91 Å². The number of rotatable bonds is 3. The number of thiophene rings is 1. The molecule has 0 saturated carbocycles. The van der Waals surface area contributed by atoms with E-state index in [2.05, 4.69) is 22.3 Å². The van der Waals surface area contributed by atoms with Crippen LogP contribution in [0.15, 0.2) is 54.3 Å². The monoisotopic (exact) mass is 404 g/mol. The zero-order valence-electron chi connectivity index (χ0n) is 15.9. The largest absolute Gasteiger partial charge is 0.333 e. The van der Waals surface area contributed by atoms with Gasteiger partial charge in [0.1, 0.15) is 0 Å². The molecule has 7 nitrogen and oxygen atoms in total. The maximum absolute atomic E-state index is 13.0. The highest BCUT2D eigenvalue weighted by Gasteiger charge is 2.24. The first-order chi connectivity index (χ1) is 14.2. The van der Waals surface area contributed by atoms with Gasteiger partial charge >= 0.3 is 0 Å². The maximum atomic E-state index is 13.0. The molecule has 0 radical (unpaired) electrons. The third-order valence-electron chi connectivity index (χ3n) is 5.19. The highest BCUT2D eigenvalue weighted by atomic mass is 32.1. The van der Waals surface area contributed by atoms with Crippen LogP contribution in [0.2, 0.25) is 0 Å². The number of pyridine rings is 1. The van der Waals surface area contributed by atoms with Crippen LogP contribution in [0.1, 0.15) is 17.3 Å². The molecule has 4 aromatic heterocycles. The van der Waals surface area contributed by atoms with E-state index in [1.54, 1.807) is 34.3 Å². The second-order valence-electron chi connectivity index (χ2n) is 7.10. The highest BCUT2D eigenvalue weighted by molar-refractivity contribution is 7.13. The first-order valence-electron chi connectivity index (χ1n) is 9.57. The molecule has 4 aromatic rings. The van der Waals surface area contributed by atoms with Crippen molar-refractivity contribution in [2.75, 3.05) is 19.6 Å². The van der Waals surface area contributed by atoms with Crippen molar-refractivity contribution in [3.05, 3.63) is 59.9 Å². The van der Waals surface area contributed by atoms with E-state index in [-0.39, 0.29) is 11.9 Å². The number of nitrogens with one attached hydrogen (secondary N) is 1. The number of carbonyl (C=O) groups is 1.